The maximum Gasteiger partial charge on any atom is 0.240 e. The van der Waals surface area contributed by atoms with E-state index in [0.717, 1.165) is 5.56 Å². The smallest absolute Gasteiger partial charge is 0.240 e. The van der Waals surface area contributed by atoms with Crippen LogP contribution in [0.3, 0.4) is 0 Å². The molecule has 0 spiro atoms. The molecule has 21 heavy (non-hydrogen) atoms. The number of rotatable bonds is 4. The third-order valence-electron chi connectivity index (χ3n) is 2.66. The fourth-order valence-corrected chi connectivity index (χ4v) is 1.71. The van der Waals surface area contributed by atoms with Gasteiger partial charge in [0, 0.05) is 18.3 Å². The zero-order valence-electron chi connectivity index (χ0n) is 13.0. The summed E-state index contributed by atoms with van der Waals surface area (Å²) in [5, 5.41) is 2.83. The van der Waals surface area contributed by atoms with E-state index in [1.165, 1.54) is 4.90 Å². The third-order valence-corrected chi connectivity index (χ3v) is 2.66. The molecule has 3 N–H and O–H groups in total. The SMILES string of the molecule is CN(CC(=O)NC(C)(C)C)C(=O)Cc1ccc(N)cc1.Cl. The van der Waals surface area contributed by atoms with Crippen molar-refractivity contribution in [3.8, 4) is 0 Å². The van der Waals surface area contributed by atoms with Gasteiger partial charge in [0.05, 0.1) is 13.0 Å². The van der Waals surface area contributed by atoms with Gasteiger partial charge in [-0.3, -0.25) is 9.59 Å². The van der Waals surface area contributed by atoms with Crippen LogP contribution in [0, 0.1) is 0 Å². The zero-order chi connectivity index (χ0) is 15.3. The van der Waals surface area contributed by atoms with Gasteiger partial charge >= 0.3 is 0 Å². The summed E-state index contributed by atoms with van der Waals surface area (Å²) >= 11 is 0. The fourth-order valence-electron chi connectivity index (χ4n) is 1.71. The summed E-state index contributed by atoms with van der Waals surface area (Å²) in [4.78, 5) is 25.2. The summed E-state index contributed by atoms with van der Waals surface area (Å²) in [5.74, 6) is -0.260. The molecule has 0 aliphatic carbocycles. The van der Waals surface area contributed by atoms with E-state index in [4.69, 9.17) is 5.73 Å². The lowest BCUT2D eigenvalue weighted by atomic mass is 10.1. The topological polar surface area (TPSA) is 75.4 Å². The van der Waals surface area contributed by atoms with Crippen molar-refractivity contribution in [2.24, 2.45) is 0 Å². The van der Waals surface area contributed by atoms with E-state index in [-0.39, 0.29) is 42.7 Å². The van der Waals surface area contributed by atoms with E-state index >= 15 is 0 Å². The molecule has 0 unspecified atom stereocenters. The standard InChI is InChI=1S/C15H23N3O2.ClH/c1-15(2,3)17-13(19)10-18(4)14(20)9-11-5-7-12(16)8-6-11;/h5-8H,9-10,16H2,1-4H3,(H,17,19);1H. The molecule has 0 heterocycles. The first-order chi connectivity index (χ1) is 9.17. The van der Waals surface area contributed by atoms with E-state index in [2.05, 4.69) is 5.32 Å². The summed E-state index contributed by atoms with van der Waals surface area (Å²) in [6.45, 7) is 5.77. The number of nitrogens with zero attached hydrogens (tertiary/aromatic N) is 1. The van der Waals surface area contributed by atoms with Gasteiger partial charge < -0.3 is 16.0 Å². The molecule has 0 atom stereocenters. The molecule has 6 heteroatoms. The van der Waals surface area contributed by atoms with Crippen LogP contribution < -0.4 is 11.1 Å². The summed E-state index contributed by atoms with van der Waals surface area (Å²) in [5.41, 5.74) is 6.85. The summed E-state index contributed by atoms with van der Waals surface area (Å²) in [7, 11) is 1.63. The van der Waals surface area contributed by atoms with Gasteiger partial charge in [-0.2, -0.15) is 0 Å². The Bertz CT molecular complexity index is 481. The minimum Gasteiger partial charge on any atom is -0.399 e. The number of likely N-dealkylation sites (N-methyl/N-ethyl adjacent to an activating group) is 1. The Hall–Kier alpha value is -1.75. The Balaban J connectivity index is 0.00000400. The Labute approximate surface area is 132 Å². The molecule has 0 saturated carbocycles. The van der Waals surface area contributed by atoms with Crippen molar-refractivity contribution in [1.82, 2.24) is 10.2 Å². The molecule has 1 aromatic rings. The van der Waals surface area contributed by atoms with Crippen molar-refractivity contribution in [3.05, 3.63) is 29.8 Å². The quantitative estimate of drug-likeness (QED) is 0.829. The minimum atomic E-state index is -0.294. The van der Waals surface area contributed by atoms with Gasteiger partial charge in [-0.25, -0.2) is 0 Å². The largest absolute Gasteiger partial charge is 0.399 e. The number of nitrogens with two attached hydrogens (primary N) is 1. The normalized spacial score (nSPS) is 10.5. The van der Waals surface area contributed by atoms with Crippen LogP contribution in [-0.2, 0) is 16.0 Å². The van der Waals surface area contributed by atoms with E-state index in [1.807, 2.05) is 32.9 Å². The first-order valence-corrected chi connectivity index (χ1v) is 6.57. The number of nitrogens with one attached hydrogen (secondary N) is 1. The zero-order valence-corrected chi connectivity index (χ0v) is 13.8. The monoisotopic (exact) mass is 313 g/mol. The van der Waals surface area contributed by atoms with Crippen LogP contribution in [0.25, 0.3) is 0 Å². The number of halogens is 1. The number of anilines is 1. The molecule has 0 aliphatic rings. The van der Waals surface area contributed by atoms with Crippen LogP contribution in [0.1, 0.15) is 26.3 Å². The van der Waals surface area contributed by atoms with Gasteiger partial charge in [0.25, 0.3) is 0 Å². The molecule has 0 bridgehead atoms. The van der Waals surface area contributed by atoms with E-state index < -0.39 is 0 Å². The molecule has 1 aromatic carbocycles. The van der Waals surface area contributed by atoms with Crippen molar-refractivity contribution in [1.29, 1.82) is 0 Å². The predicted octanol–water partition coefficient (Wildman–Crippen LogP) is 1.61. The second-order valence-electron chi connectivity index (χ2n) is 5.97. The van der Waals surface area contributed by atoms with Gasteiger partial charge in [-0.1, -0.05) is 12.1 Å². The second-order valence-corrected chi connectivity index (χ2v) is 5.97. The van der Waals surface area contributed by atoms with Crippen LogP contribution in [-0.4, -0.2) is 35.8 Å². The van der Waals surface area contributed by atoms with Gasteiger partial charge in [0.2, 0.25) is 11.8 Å². The number of carbonyl (C=O) groups excluding carboxylic acids is 2. The Kier molecular flexibility index (Phi) is 7.22. The van der Waals surface area contributed by atoms with Gasteiger partial charge in [0.15, 0.2) is 0 Å². The van der Waals surface area contributed by atoms with E-state index in [1.54, 1.807) is 19.2 Å². The lowest BCUT2D eigenvalue weighted by Gasteiger charge is -2.23. The lowest BCUT2D eigenvalue weighted by Crippen LogP contribution is -2.46. The molecule has 1 rings (SSSR count). The highest BCUT2D eigenvalue weighted by atomic mass is 35.5. The molecule has 0 aliphatic heterocycles. The molecular weight excluding hydrogens is 290 g/mol. The van der Waals surface area contributed by atoms with Crippen LogP contribution >= 0.6 is 12.4 Å². The first-order valence-electron chi connectivity index (χ1n) is 6.57. The maximum atomic E-state index is 12.0. The Morgan fingerprint density at radius 3 is 2.19 bits per heavy atom. The average molecular weight is 314 g/mol. The second kappa shape index (κ2) is 7.88. The fraction of sp³-hybridized carbons (Fsp3) is 0.467. The van der Waals surface area contributed by atoms with Crippen molar-refractivity contribution >= 4 is 29.9 Å². The molecule has 118 valence electrons. The van der Waals surface area contributed by atoms with Crippen molar-refractivity contribution < 1.29 is 9.59 Å². The van der Waals surface area contributed by atoms with Crippen molar-refractivity contribution in [2.75, 3.05) is 19.3 Å². The molecule has 0 fully saturated rings. The van der Waals surface area contributed by atoms with Crippen LogP contribution in [0.2, 0.25) is 0 Å². The van der Waals surface area contributed by atoms with Gasteiger partial charge in [0.1, 0.15) is 0 Å². The molecule has 2 amide bonds. The number of hydrogen-bond donors (Lipinski definition) is 2. The molecule has 0 aromatic heterocycles. The number of hydrogen-bond acceptors (Lipinski definition) is 3. The third kappa shape index (κ3) is 7.56. The number of benzene rings is 1. The highest BCUT2D eigenvalue weighted by Gasteiger charge is 2.17. The first kappa shape index (κ1) is 19.2. The summed E-state index contributed by atoms with van der Waals surface area (Å²) in [6, 6.07) is 7.15. The minimum absolute atomic E-state index is 0. The molecule has 0 radical (unpaired) electrons. The molecular formula is C15H24ClN3O2. The maximum absolute atomic E-state index is 12.0. The highest BCUT2D eigenvalue weighted by Crippen LogP contribution is 2.07. The van der Waals surface area contributed by atoms with Crippen LogP contribution in [0.5, 0.6) is 0 Å². The predicted molar refractivity (Wildman–Crippen MR) is 87.3 cm³/mol. The molecule has 5 nitrogen and oxygen atoms in total. The number of nitrogen functional groups attached to an aromatic ring is 1. The van der Waals surface area contributed by atoms with Gasteiger partial charge in [-0.05, 0) is 38.5 Å². The van der Waals surface area contributed by atoms with Crippen LogP contribution in [0.15, 0.2) is 24.3 Å². The van der Waals surface area contributed by atoms with Gasteiger partial charge in [-0.15, -0.1) is 12.4 Å². The summed E-state index contributed by atoms with van der Waals surface area (Å²) < 4.78 is 0. The van der Waals surface area contributed by atoms with Crippen molar-refractivity contribution in [2.45, 2.75) is 32.7 Å². The lowest BCUT2D eigenvalue weighted by molar-refractivity contribution is -0.134. The molecule has 0 saturated heterocycles. The number of amides is 2. The Morgan fingerprint density at radius 2 is 1.71 bits per heavy atom. The van der Waals surface area contributed by atoms with Crippen molar-refractivity contribution in [3.63, 3.8) is 0 Å². The number of carbonyl (C=O) groups is 2. The van der Waals surface area contributed by atoms with E-state index in [0.29, 0.717) is 5.69 Å². The Morgan fingerprint density at radius 1 is 1.19 bits per heavy atom. The average Bonchev–Trinajstić information content (AvgIpc) is 2.29. The van der Waals surface area contributed by atoms with Crippen LogP contribution in [0.4, 0.5) is 5.69 Å². The highest BCUT2D eigenvalue weighted by molar-refractivity contribution is 5.86. The summed E-state index contributed by atoms with van der Waals surface area (Å²) in [6.07, 6.45) is 0.263. The van der Waals surface area contributed by atoms with E-state index in [9.17, 15) is 9.59 Å².